The molecule has 0 atom stereocenters. The SMILES string of the molecule is CCOC(=O)/C=C(/C)Nc1ncn(-c2ccc(OC)cc2)c1C(=O)c1ccccc1. The molecular formula is C23H23N3O4. The minimum Gasteiger partial charge on any atom is -0.497 e. The number of hydrogen-bond donors (Lipinski definition) is 1. The fourth-order valence-electron chi connectivity index (χ4n) is 2.91. The molecule has 0 aliphatic heterocycles. The third-order valence-corrected chi connectivity index (χ3v) is 4.31. The molecule has 0 spiro atoms. The monoisotopic (exact) mass is 405 g/mol. The summed E-state index contributed by atoms with van der Waals surface area (Å²) in [4.78, 5) is 29.4. The lowest BCUT2D eigenvalue weighted by molar-refractivity contribution is -0.137. The van der Waals surface area contributed by atoms with E-state index in [2.05, 4.69) is 10.3 Å². The highest BCUT2D eigenvalue weighted by Crippen LogP contribution is 2.24. The lowest BCUT2D eigenvalue weighted by atomic mass is 10.1. The summed E-state index contributed by atoms with van der Waals surface area (Å²) in [6.45, 7) is 3.73. The fraction of sp³-hybridized carbons (Fsp3) is 0.174. The van der Waals surface area contributed by atoms with Crippen LogP contribution in [0.1, 0.15) is 29.9 Å². The number of carbonyl (C=O) groups excluding carboxylic acids is 2. The van der Waals surface area contributed by atoms with E-state index in [1.54, 1.807) is 56.1 Å². The Kier molecular flexibility index (Phi) is 6.64. The summed E-state index contributed by atoms with van der Waals surface area (Å²) in [5, 5.41) is 3.05. The second kappa shape index (κ2) is 9.56. The first-order chi connectivity index (χ1) is 14.5. The van der Waals surface area contributed by atoms with E-state index in [1.807, 2.05) is 30.3 Å². The lowest BCUT2D eigenvalue weighted by Gasteiger charge is -2.11. The Morgan fingerprint density at radius 3 is 2.43 bits per heavy atom. The van der Waals surface area contributed by atoms with Crippen molar-refractivity contribution in [2.45, 2.75) is 13.8 Å². The molecule has 7 nitrogen and oxygen atoms in total. The molecule has 0 fully saturated rings. The summed E-state index contributed by atoms with van der Waals surface area (Å²) >= 11 is 0. The molecular weight excluding hydrogens is 382 g/mol. The van der Waals surface area contributed by atoms with Gasteiger partial charge in [-0.15, -0.1) is 0 Å². The molecule has 0 aliphatic rings. The number of allylic oxidation sites excluding steroid dienone is 1. The summed E-state index contributed by atoms with van der Waals surface area (Å²) in [7, 11) is 1.59. The van der Waals surface area contributed by atoms with Gasteiger partial charge in [-0.1, -0.05) is 30.3 Å². The second-order valence-corrected chi connectivity index (χ2v) is 6.41. The van der Waals surface area contributed by atoms with Gasteiger partial charge in [-0.05, 0) is 38.1 Å². The lowest BCUT2D eigenvalue weighted by Crippen LogP contribution is -2.12. The number of methoxy groups -OCH3 is 1. The molecule has 0 unspecified atom stereocenters. The Morgan fingerprint density at radius 2 is 1.80 bits per heavy atom. The average molecular weight is 405 g/mol. The summed E-state index contributed by atoms with van der Waals surface area (Å²) in [5.41, 5.74) is 2.14. The third kappa shape index (κ3) is 4.75. The number of ether oxygens (including phenoxy) is 2. The van der Waals surface area contributed by atoms with E-state index in [1.165, 1.54) is 6.08 Å². The van der Waals surface area contributed by atoms with Crippen LogP contribution in [0.25, 0.3) is 5.69 Å². The predicted octanol–water partition coefficient (Wildman–Crippen LogP) is 3.99. The van der Waals surface area contributed by atoms with Gasteiger partial charge in [0.1, 0.15) is 17.8 Å². The predicted molar refractivity (Wildman–Crippen MR) is 114 cm³/mol. The highest BCUT2D eigenvalue weighted by Gasteiger charge is 2.21. The number of imidazole rings is 1. The van der Waals surface area contributed by atoms with Crippen molar-refractivity contribution < 1.29 is 19.1 Å². The molecule has 0 saturated heterocycles. The van der Waals surface area contributed by atoms with Gasteiger partial charge in [0.25, 0.3) is 0 Å². The van der Waals surface area contributed by atoms with Gasteiger partial charge in [0.15, 0.2) is 5.82 Å². The molecule has 0 saturated carbocycles. The largest absolute Gasteiger partial charge is 0.497 e. The molecule has 154 valence electrons. The molecule has 3 rings (SSSR count). The first-order valence-electron chi connectivity index (χ1n) is 9.47. The van der Waals surface area contributed by atoms with E-state index >= 15 is 0 Å². The minimum atomic E-state index is -0.465. The van der Waals surface area contributed by atoms with Crippen LogP contribution in [0, 0.1) is 0 Å². The summed E-state index contributed by atoms with van der Waals surface area (Å²) in [6, 6.07) is 16.3. The second-order valence-electron chi connectivity index (χ2n) is 6.41. The zero-order chi connectivity index (χ0) is 21.5. The maximum Gasteiger partial charge on any atom is 0.332 e. The van der Waals surface area contributed by atoms with E-state index < -0.39 is 5.97 Å². The van der Waals surface area contributed by atoms with Crippen LogP contribution in [-0.4, -0.2) is 35.0 Å². The van der Waals surface area contributed by atoms with Gasteiger partial charge < -0.3 is 14.8 Å². The Balaban J connectivity index is 2.03. The normalized spacial score (nSPS) is 11.1. The number of anilines is 1. The van der Waals surface area contributed by atoms with Crippen molar-refractivity contribution in [2.24, 2.45) is 0 Å². The van der Waals surface area contributed by atoms with Crippen molar-refractivity contribution in [2.75, 3.05) is 19.0 Å². The van der Waals surface area contributed by atoms with E-state index in [0.29, 0.717) is 28.5 Å². The third-order valence-electron chi connectivity index (χ3n) is 4.31. The standard InChI is InChI=1S/C23H23N3O4/c1-4-30-20(27)14-16(2)25-23-21(22(28)17-8-6-5-7-9-17)26(15-24-23)18-10-12-19(29-3)13-11-18/h5-15,25H,4H2,1-3H3/b16-14-. The van der Waals surface area contributed by atoms with Gasteiger partial charge in [0.2, 0.25) is 5.78 Å². The number of esters is 1. The first-order valence-corrected chi connectivity index (χ1v) is 9.47. The number of nitrogens with zero attached hydrogens (tertiary/aromatic N) is 2. The van der Waals surface area contributed by atoms with Crippen LogP contribution in [0.5, 0.6) is 5.75 Å². The highest BCUT2D eigenvalue weighted by molar-refractivity contribution is 6.11. The zero-order valence-corrected chi connectivity index (χ0v) is 17.1. The van der Waals surface area contributed by atoms with E-state index in [9.17, 15) is 9.59 Å². The molecule has 1 aromatic heterocycles. The number of ketones is 1. The molecule has 0 aliphatic carbocycles. The van der Waals surface area contributed by atoms with E-state index in [4.69, 9.17) is 9.47 Å². The number of nitrogens with one attached hydrogen (secondary N) is 1. The average Bonchev–Trinajstić information content (AvgIpc) is 3.17. The highest BCUT2D eigenvalue weighted by atomic mass is 16.5. The number of rotatable bonds is 8. The van der Waals surface area contributed by atoms with Crippen molar-refractivity contribution in [1.29, 1.82) is 0 Å². The smallest absolute Gasteiger partial charge is 0.332 e. The van der Waals surface area contributed by atoms with E-state index in [-0.39, 0.29) is 12.4 Å². The number of hydrogen-bond acceptors (Lipinski definition) is 6. The number of aromatic nitrogens is 2. The Morgan fingerprint density at radius 1 is 1.10 bits per heavy atom. The number of carbonyl (C=O) groups is 2. The molecule has 1 heterocycles. The van der Waals surface area contributed by atoms with Crippen LogP contribution < -0.4 is 10.1 Å². The van der Waals surface area contributed by atoms with Crippen LogP contribution in [0.15, 0.2) is 72.7 Å². The van der Waals surface area contributed by atoms with Gasteiger partial charge in [0, 0.05) is 23.0 Å². The molecule has 1 N–H and O–H groups in total. The quantitative estimate of drug-likeness (QED) is 0.347. The zero-order valence-electron chi connectivity index (χ0n) is 17.1. The van der Waals surface area contributed by atoms with Crippen LogP contribution in [0.3, 0.4) is 0 Å². The molecule has 0 radical (unpaired) electrons. The van der Waals surface area contributed by atoms with Crippen molar-refractivity contribution in [3.05, 3.63) is 84.0 Å². The van der Waals surface area contributed by atoms with Crippen molar-refractivity contribution >= 4 is 17.6 Å². The molecule has 30 heavy (non-hydrogen) atoms. The Bertz CT molecular complexity index is 1050. The molecule has 0 bridgehead atoms. The van der Waals surface area contributed by atoms with Crippen LogP contribution in [0.4, 0.5) is 5.82 Å². The molecule has 7 heteroatoms. The topological polar surface area (TPSA) is 82.4 Å². The van der Waals surface area contributed by atoms with Crippen molar-refractivity contribution in [1.82, 2.24) is 9.55 Å². The van der Waals surface area contributed by atoms with Gasteiger partial charge in [0.05, 0.1) is 13.7 Å². The Hall–Kier alpha value is -3.87. The molecule has 3 aromatic rings. The minimum absolute atomic E-state index is 0.199. The molecule has 2 aromatic carbocycles. The van der Waals surface area contributed by atoms with Crippen molar-refractivity contribution in [3.63, 3.8) is 0 Å². The maximum absolute atomic E-state index is 13.3. The summed E-state index contributed by atoms with van der Waals surface area (Å²) < 4.78 is 11.8. The van der Waals surface area contributed by atoms with Crippen LogP contribution in [0.2, 0.25) is 0 Å². The Labute approximate surface area is 175 Å². The number of benzene rings is 2. The van der Waals surface area contributed by atoms with Gasteiger partial charge >= 0.3 is 5.97 Å². The maximum atomic E-state index is 13.3. The van der Waals surface area contributed by atoms with Gasteiger partial charge in [-0.2, -0.15) is 0 Å². The first kappa shape index (κ1) is 20.9. The van der Waals surface area contributed by atoms with Crippen LogP contribution in [-0.2, 0) is 9.53 Å². The van der Waals surface area contributed by atoms with Crippen molar-refractivity contribution in [3.8, 4) is 11.4 Å². The summed E-state index contributed by atoms with van der Waals surface area (Å²) in [6.07, 6.45) is 2.89. The summed E-state index contributed by atoms with van der Waals surface area (Å²) in [5.74, 6) is 0.391. The van der Waals surface area contributed by atoms with Crippen LogP contribution >= 0.6 is 0 Å². The van der Waals surface area contributed by atoms with E-state index in [0.717, 1.165) is 5.69 Å². The molecule has 0 amide bonds. The fourth-order valence-corrected chi connectivity index (χ4v) is 2.91. The van der Waals surface area contributed by atoms with Gasteiger partial charge in [-0.3, -0.25) is 9.36 Å². The van der Waals surface area contributed by atoms with Gasteiger partial charge in [-0.25, -0.2) is 9.78 Å².